The van der Waals surface area contributed by atoms with E-state index >= 15 is 0 Å². The third-order valence-corrected chi connectivity index (χ3v) is 5.77. The van der Waals surface area contributed by atoms with Crippen molar-refractivity contribution in [3.8, 4) is 11.8 Å². The van der Waals surface area contributed by atoms with E-state index in [-0.39, 0.29) is 17.3 Å². The number of methoxy groups -OCH3 is 1. The number of rotatable bonds is 4. The maximum Gasteiger partial charge on any atom is 0.258 e. The number of carbonyl (C=O) groups is 1. The van der Waals surface area contributed by atoms with Crippen molar-refractivity contribution in [2.75, 3.05) is 17.7 Å². The van der Waals surface area contributed by atoms with Gasteiger partial charge in [-0.25, -0.2) is 0 Å². The van der Waals surface area contributed by atoms with Gasteiger partial charge in [-0.3, -0.25) is 14.6 Å². The van der Waals surface area contributed by atoms with Gasteiger partial charge in [0.1, 0.15) is 17.5 Å². The molecule has 0 aliphatic carbocycles. The Hall–Kier alpha value is -4.64. The van der Waals surface area contributed by atoms with Crippen LogP contribution in [0.4, 0.5) is 17.5 Å². The number of fused-ring (bicyclic) bond motifs is 2. The van der Waals surface area contributed by atoms with Crippen molar-refractivity contribution in [1.29, 1.82) is 5.26 Å². The van der Waals surface area contributed by atoms with E-state index in [4.69, 9.17) is 4.74 Å². The predicted octanol–water partition coefficient (Wildman–Crippen LogP) is 3.90. The first kappa shape index (κ1) is 20.3. The number of benzene rings is 3. The molecule has 0 saturated carbocycles. The number of hydrogen-bond acceptors (Lipinski definition) is 6. The fourth-order valence-electron chi connectivity index (χ4n) is 4.24. The number of nitriles is 1. The smallest absolute Gasteiger partial charge is 0.258 e. The number of nitrogens with zero attached hydrogens (tertiary/aromatic N) is 2. The van der Waals surface area contributed by atoms with Crippen LogP contribution in [0, 0.1) is 17.2 Å². The Balaban J connectivity index is 1.63. The SMILES string of the molecule is COc1ccc(Nc2nc3c(c(=O)[nH]2)[C@H](c2cccc4ccccc24)[C@@H](C#N)C(=O)N3)cc1. The van der Waals surface area contributed by atoms with Gasteiger partial charge in [0, 0.05) is 11.6 Å². The number of amides is 1. The fourth-order valence-corrected chi connectivity index (χ4v) is 4.24. The van der Waals surface area contributed by atoms with Crippen molar-refractivity contribution in [3.05, 3.63) is 88.2 Å². The van der Waals surface area contributed by atoms with E-state index < -0.39 is 23.3 Å². The third kappa shape index (κ3) is 3.55. The fraction of sp³-hybridized carbons (Fsp3) is 0.120. The molecule has 0 unspecified atom stereocenters. The van der Waals surface area contributed by atoms with Gasteiger partial charge < -0.3 is 15.4 Å². The van der Waals surface area contributed by atoms with Gasteiger partial charge in [-0.05, 0) is 40.6 Å². The highest BCUT2D eigenvalue weighted by molar-refractivity contribution is 5.99. The summed E-state index contributed by atoms with van der Waals surface area (Å²) in [6.45, 7) is 0. The first-order chi connectivity index (χ1) is 16.1. The summed E-state index contributed by atoms with van der Waals surface area (Å²) in [5.41, 5.74) is 1.26. The van der Waals surface area contributed by atoms with Crippen LogP contribution in [0.5, 0.6) is 5.75 Å². The van der Waals surface area contributed by atoms with Crippen molar-refractivity contribution < 1.29 is 9.53 Å². The number of hydrogen-bond donors (Lipinski definition) is 3. The van der Waals surface area contributed by atoms with E-state index in [1.807, 2.05) is 42.5 Å². The summed E-state index contributed by atoms with van der Waals surface area (Å²) in [4.78, 5) is 33.3. The van der Waals surface area contributed by atoms with Crippen LogP contribution in [0.1, 0.15) is 17.0 Å². The molecule has 2 atom stereocenters. The molecule has 5 rings (SSSR count). The van der Waals surface area contributed by atoms with E-state index in [1.165, 1.54) is 0 Å². The Kier molecular flexibility index (Phi) is 4.99. The lowest BCUT2D eigenvalue weighted by Crippen LogP contribution is -2.38. The normalized spacial score (nSPS) is 17.0. The van der Waals surface area contributed by atoms with Crippen molar-refractivity contribution in [2.24, 2.45) is 5.92 Å². The van der Waals surface area contributed by atoms with E-state index in [2.05, 4.69) is 26.7 Å². The minimum absolute atomic E-state index is 0.143. The monoisotopic (exact) mass is 437 g/mol. The minimum atomic E-state index is -1.06. The summed E-state index contributed by atoms with van der Waals surface area (Å²) in [6.07, 6.45) is 0. The highest BCUT2D eigenvalue weighted by Gasteiger charge is 2.40. The highest BCUT2D eigenvalue weighted by Crippen LogP contribution is 2.40. The molecule has 33 heavy (non-hydrogen) atoms. The molecular formula is C25H19N5O3. The van der Waals surface area contributed by atoms with Crippen LogP contribution in [-0.4, -0.2) is 23.0 Å². The van der Waals surface area contributed by atoms with Gasteiger partial charge in [-0.15, -0.1) is 0 Å². The quantitative estimate of drug-likeness (QED) is 0.445. The van der Waals surface area contributed by atoms with Crippen molar-refractivity contribution in [3.63, 3.8) is 0 Å². The first-order valence-corrected chi connectivity index (χ1v) is 10.3. The van der Waals surface area contributed by atoms with Crippen LogP contribution in [0.3, 0.4) is 0 Å². The Morgan fingerprint density at radius 3 is 2.55 bits per heavy atom. The number of aromatic amines is 1. The van der Waals surface area contributed by atoms with Crippen molar-refractivity contribution in [1.82, 2.24) is 9.97 Å². The Labute approximate surface area is 188 Å². The van der Waals surface area contributed by atoms with Gasteiger partial charge in [0.2, 0.25) is 11.9 Å². The third-order valence-electron chi connectivity index (χ3n) is 5.77. The maximum absolute atomic E-state index is 13.2. The molecule has 8 heteroatoms. The second-order valence-corrected chi connectivity index (χ2v) is 7.67. The average molecular weight is 437 g/mol. The summed E-state index contributed by atoms with van der Waals surface area (Å²) >= 11 is 0. The van der Waals surface area contributed by atoms with Crippen molar-refractivity contribution in [2.45, 2.75) is 5.92 Å². The molecule has 1 aliphatic rings. The lowest BCUT2D eigenvalue weighted by molar-refractivity contribution is -0.119. The Morgan fingerprint density at radius 1 is 1.03 bits per heavy atom. The molecular weight excluding hydrogens is 418 g/mol. The summed E-state index contributed by atoms with van der Waals surface area (Å²) < 4.78 is 5.15. The molecule has 0 bridgehead atoms. The highest BCUT2D eigenvalue weighted by atomic mass is 16.5. The second-order valence-electron chi connectivity index (χ2n) is 7.67. The molecule has 4 aromatic rings. The molecule has 0 spiro atoms. The zero-order valence-electron chi connectivity index (χ0n) is 17.6. The summed E-state index contributed by atoms with van der Waals surface area (Å²) in [6, 6.07) is 22.5. The van der Waals surface area contributed by atoms with Crippen LogP contribution in [0.15, 0.2) is 71.5 Å². The van der Waals surface area contributed by atoms with Gasteiger partial charge in [0.15, 0.2) is 0 Å². The molecule has 162 valence electrons. The molecule has 1 amide bonds. The van der Waals surface area contributed by atoms with Crippen molar-refractivity contribution >= 4 is 34.1 Å². The molecule has 3 N–H and O–H groups in total. The van der Waals surface area contributed by atoms with Crippen LogP contribution in [0.25, 0.3) is 10.8 Å². The first-order valence-electron chi connectivity index (χ1n) is 10.3. The summed E-state index contributed by atoms with van der Waals surface area (Å²) in [5, 5.41) is 17.3. The number of H-pyrrole nitrogens is 1. The number of carbonyl (C=O) groups excluding carboxylic acids is 1. The number of anilines is 3. The number of nitrogens with one attached hydrogen (secondary N) is 3. The molecule has 0 fully saturated rings. The number of aromatic nitrogens is 2. The van der Waals surface area contributed by atoms with Gasteiger partial charge in [-0.1, -0.05) is 42.5 Å². The largest absolute Gasteiger partial charge is 0.497 e. The zero-order valence-corrected chi connectivity index (χ0v) is 17.6. The van der Waals surface area contributed by atoms with Gasteiger partial charge >= 0.3 is 0 Å². The van der Waals surface area contributed by atoms with Crippen LogP contribution in [0.2, 0.25) is 0 Å². The number of ether oxygens (including phenoxy) is 1. The topological polar surface area (TPSA) is 120 Å². The van der Waals surface area contributed by atoms with E-state index in [9.17, 15) is 14.9 Å². The standard InChI is InChI=1S/C25H19N5O3/c1-33-16-11-9-15(10-12-16)27-25-29-22-21(24(32)30-25)20(19(13-26)23(31)28-22)18-8-4-6-14-5-2-3-7-17(14)18/h2-12,19-20H,1H3,(H3,27,28,29,30,31,32)/t19-,20-/m1/s1. The van der Waals surface area contributed by atoms with E-state index in [0.29, 0.717) is 11.4 Å². The van der Waals surface area contributed by atoms with Crippen LogP contribution < -0.4 is 20.9 Å². The zero-order chi connectivity index (χ0) is 22.9. The predicted molar refractivity (Wildman–Crippen MR) is 125 cm³/mol. The summed E-state index contributed by atoms with van der Waals surface area (Å²) in [5.74, 6) is -1.29. The maximum atomic E-state index is 13.2. The van der Waals surface area contributed by atoms with Crippen LogP contribution >= 0.6 is 0 Å². The van der Waals surface area contributed by atoms with Crippen LogP contribution in [-0.2, 0) is 4.79 Å². The van der Waals surface area contributed by atoms with Gasteiger partial charge in [0.05, 0.1) is 18.7 Å². The molecule has 1 aliphatic heterocycles. The lowest BCUT2D eigenvalue weighted by Gasteiger charge is -2.29. The van der Waals surface area contributed by atoms with Gasteiger partial charge in [0.25, 0.3) is 5.56 Å². The molecule has 0 radical (unpaired) electrons. The molecule has 3 aromatic carbocycles. The minimum Gasteiger partial charge on any atom is -0.497 e. The second kappa shape index (κ2) is 8.13. The summed E-state index contributed by atoms with van der Waals surface area (Å²) in [7, 11) is 1.58. The van der Waals surface area contributed by atoms with Gasteiger partial charge in [-0.2, -0.15) is 10.2 Å². The Morgan fingerprint density at radius 2 is 1.79 bits per heavy atom. The molecule has 1 aromatic heterocycles. The lowest BCUT2D eigenvalue weighted by atomic mass is 9.77. The molecule has 8 nitrogen and oxygen atoms in total. The molecule has 2 heterocycles. The average Bonchev–Trinajstić information content (AvgIpc) is 2.83. The Bertz CT molecular complexity index is 1470. The van der Waals surface area contributed by atoms with E-state index in [0.717, 1.165) is 16.3 Å². The van der Waals surface area contributed by atoms with E-state index in [1.54, 1.807) is 31.4 Å². The molecule has 0 saturated heterocycles.